The van der Waals surface area contributed by atoms with Crippen molar-refractivity contribution in [3.8, 4) is 0 Å². The summed E-state index contributed by atoms with van der Waals surface area (Å²) in [6, 6.07) is 0. The molecule has 0 amide bonds. The molecule has 0 unspecified atom stereocenters. The van der Waals surface area contributed by atoms with Crippen LogP contribution in [-0.4, -0.2) is 0 Å². The summed E-state index contributed by atoms with van der Waals surface area (Å²) in [4.78, 5) is 0. The van der Waals surface area contributed by atoms with Crippen molar-refractivity contribution in [2.24, 2.45) is 10.8 Å². The Morgan fingerprint density at radius 1 is 0.643 bits per heavy atom. The SMILES string of the molecule is CC(C)(C)/C=C\C(C)(C)C.CCCC. The van der Waals surface area contributed by atoms with Gasteiger partial charge in [-0.3, -0.25) is 0 Å². The van der Waals surface area contributed by atoms with E-state index in [2.05, 4.69) is 67.5 Å². The van der Waals surface area contributed by atoms with Gasteiger partial charge in [-0.05, 0) is 10.8 Å². The molecule has 0 heteroatoms. The van der Waals surface area contributed by atoms with Gasteiger partial charge >= 0.3 is 0 Å². The Kier molecular flexibility index (Phi) is 8.19. The van der Waals surface area contributed by atoms with Crippen LogP contribution in [0.3, 0.4) is 0 Å². The Morgan fingerprint density at radius 3 is 0.929 bits per heavy atom. The van der Waals surface area contributed by atoms with E-state index in [4.69, 9.17) is 0 Å². The van der Waals surface area contributed by atoms with Gasteiger partial charge in [-0.15, -0.1) is 0 Å². The quantitative estimate of drug-likeness (QED) is 0.492. The van der Waals surface area contributed by atoms with Crippen molar-refractivity contribution >= 4 is 0 Å². The lowest BCUT2D eigenvalue weighted by atomic mass is 9.89. The van der Waals surface area contributed by atoms with E-state index in [0.29, 0.717) is 10.8 Å². The minimum atomic E-state index is 0.327. The molecule has 0 bridgehead atoms. The van der Waals surface area contributed by atoms with Crippen molar-refractivity contribution in [2.75, 3.05) is 0 Å². The fourth-order valence-electron chi connectivity index (χ4n) is 0.500. The third-order valence-corrected chi connectivity index (χ3v) is 1.58. The molecule has 0 aliphatic rings. The van der Waals surface area contributed by atoms with Gasteiger partial charge in [0.15, 0.2) is 0 Å². The fourth-order valence-corrected chi connectivity index (χ4v) is 0.500. The molecular weight excluding hydrogens is 168 g/mol. The van der Waals surface area contributed by atoms with Crippen LogP contribution in [0.15, 0.2) is 12.2 Å². The second kappa shape index (κ2) is 7.09. The molecule has 0 rings (SSSR count). The highest BCUT2D eigenvalue weighted by molar-refractivity contribution is 4.98. The van der Waals surface area contributed by atoms with Crippen molar-refractivity contribution in [1.29, 1.82) is 0 Å². The molecule has 0 aromatic carbocycles. The first kappa shape index (κ1) is 16.2. The van der Waals surface area contributed by atoms with Crippen LogP contribution in [0.5, 0.6) is 0 Å². The van der Waals surface area contributed by atoms with Crippen LogP contribution in [0.25, 0.3) is 0 Å². The molecule has 0 nitrogen and oxygen atoms in total. The van der Waals surface area contributed by atoms with Gasteiger partial charge in [-0.1, -0.05) is 80.4 Å². The third kappa shape index (κ3) is 22.6. The second-order valence-corrected chi connectivity index (χ2v) is 6.07. The van der Waals surface area contributed by atoms with Crippen molar-refractivity contribution in [3.05, 3.63) is 12.2 Å². The topological polar surface area (TPSA) is 0 Å². The van der Waals surface area contributed by atoms with Gasteiger partial charge in [0.2, 0.25) is 0 Å². The average molecular weight is 198 g/mol. The van der Waals surface area contributed by atoms with E-state index in [1.54, 1.807) is 0 Å². The summed E-state index contributed by atoms with van der Waals surface area (Å²) in [5.74, 6) is 0. The maximum absolute atomic E-state index is 2.27. The summed E-state index contributed by atoms with van der Waals surface area (Å²) in [7, 11) is 0. The van der Waals surface area contributed by atoms with Crippen LogP contribution in [0.1, 0.15) is 68.2 Å². The number of hydrogen-bond acceptors (Lipinski definition) is 0. The predicted octanol–water partition coefficient (Wildman–Crippen LogP) is 5.44. The first-order valence-electron chi connectivity index (χ1n) is 5.82. The lowest BCUT2D eigenvalue weighted by Gasteiger charge is -2.17. The molecule has 0 aliphatic heterocycles. The van der Waals surface area contributed by atoms with Crippen molar-refractivity contribution in [2.45, 2.75) is 68.2 Å². The van der Waals surface area contributed by atoms with E-state index in [9.17, 15) is 0 Å². The van der Waals surface area contributed by atoms with Crippen LogP contribution in [-0.2, 0) is 0 Å². The molecule has 0 heterocycles. The van der Waals surface area contributed by atoms with Crippen molar-refractivity contribution < 1.29 is 0 Å². The van der Waals surface area contributed by atoms with Gasteiger partial charge in [0, 0.05) is 0 Å². The molecule has 0 saturated heterocycles. The Balaban J connectivity index is 0. The Bertz CT molecular complexity index is 120. The highest BCUT2D eigenvalue weighted by Gasteiger charge is 2.08. The molecule has 0 fully saturated rings. The average Bonchev–Trinajstić information content (AvgIpc) is 1.99. The summed E-state index contributed by atoms with van der Waals surface area (Å²) in [5, 5.41) is 0. The summed E-state index contributed by atoms with van der Waals surface area (Å²) in [6.45, 7) is 17.7. The Labute approximate surface area is 91.8 Å². The highest BCUT2D eigenvalue weighted by Crippen LogP contribution is 2.21. The summed E-state index contributed by atoms with van der Waals surface area (Å²) < 4.78 is 0. The van der Waals surface area contributed by atoms with Gasteiger partial charge < -0.3 is 0 Å². The first-order chi connectivity index (χ1) is 6.12. The van der Waals surface area contributed by atoms with E-state index >= 15 is 0 Å². The molecule has 86 valence electrons. The Morgan fingerprint density at radius 2 is 0.857 bits per heavy atom. The van der Waals surface area contributed by atoms with E-state index in [1.165, 1.54) is 12.8 Å². The number of rotatable bonds is 1. The molecule has 0 N–H and O–H groups in total. The molecule has 0 spiro atoms. The summed E-state index contributed by atoms with van der Waals surface area (Å²) in [6.07, 6.45) is 7.18. The highest BCUT2D eigenvalue weighted by atomic mass is 14.1. The maximum atomic E-state index is 2.27. The zero-order valence-corrected chi connectivity index (χ0v) is 11.6. The van der Waals surface area contributed by atoms with Gasteiger partial charge in [0.1, 0.15) is 0 Å². The predicted molar refractivity (Wildman–Crippen MR) is 68.6 cm³/mol. The third-order valence-electron chi connectivity index (χ3n) is 1.58. The molecule has 0 radical (unpaired) electrons. The molecule has 0 atom stereocenters. The van der Waals surface area contributed by atoms with Crippen LogP contribution < -0.4 is 0 Å². The zero-order chi connectivity index (χ0) is 11.8. The monoisotopic (exact) mass is 198 g/mol. The van der Waals surface area contributed by atoms with Gasteiger partial charge in [0.25, 0.3) is 0 Å². The summed E-state index contributed by atoms with van der Waals surface area (Å²) >= 11 is 0. The van der Waals surface area contributed by atoms with E-state index in [0.717, 1.165) is 0 Å². The van der Waals surface area contributed by atoms with E-state index in [1.807, 2.05) is 0 Å². The number of hydrogen-bond donors (Lipinski definition) is 0. The lowest BCUT2D eigenvalue weighted by Crippen LogP contribution is -2.04. The van der Waals surface area contributed by atoms with E-state index < -0.39 is 0 Å². The molecule has 0 aliphatic carbocycles. The maximum Gasteiger partial charge on any atom is -0.0203 e. The molecular formula is C14H30. The normalized spacial score (nSPS) is 12.6. The molecule has 0 aromatic heterocycles. The van der Waals surface area contributed by atoms with Gasteiger partial charge in [-0.25, -0.2) is 0 Å². The Hall–Kier alpha value is -0.260. The van der Waals surface area contributed by atoms with Crippen LogP contribution in [0.2, 0.25) is 0 Å². The van der Waals surface area contributed by atoms with Crippen molar-refractivity contribution in [3.63, 3.8) is 0 Å². The number of allylic oxidation sites excluding steroid dienone is 2. The minimum Gasteiger partial charge on any atom is -0.0826 e. The van der Waals surface area contributed by atoms with Crippen molar-refractivity contribution in [1.82, 2.24) is 0 Å². The smallest absolute Gasteiger partial charge is 0.0203 e. The standard InChI is InChI=1S/C10H20.C4H10/c1-9(2,3)7-8-10(4,5)6;1-3-4-2/h7-8H,1-6H3;3-4H2,1-2H3/b8-7-;. The summed E-state index contributed by atoms with van der Waals surface area (Å²) in [5.41, 5.74) is 0.653. The second-order valence-electron chi connectivity index (χ2n) is 6.07. The number of unbranched alkanes of at least 4 members (excludes halogenated alkanes) is 1. The van der Waals surface area contributed by atoms with Crippen LogP contribution in [0, 0.1) is 10.8 Å². The van der Waals surface area contributed by atoms with Crippen LogP contribution in [0.4, 0.5) is 0 Å². The van der Waals surface area contributed by atoms with Gasteiger partial charge in [-0.2, -0.15) is 0 Å². The molecule has 0 saturated carbocycles. The van der Waals surface area contributed by atoms with Gasteiger partial charge in [0.05, 0.1) is 0 Å². The largest absolute Gasteiger partial charge is 0.0826 e. The molecule has 14 heavy (non-hydrogen) atoms. The first-order valence-corrected chi connectivity index (χ1v) is 5.82. The van der Waals surface area contributed by atoms with Crippen LogP contribution >= 0.6 is 0 Å². The fraction of sp³-hybridized carbons (Fsp3) is 0.857. The lowest BCUT2D eigenvalue weighted by molar-refractivity contribution is 0.502. The minimum absolute atomic E-state index is 0.327. The molecule has 0 aromatic rings. The zero-order valence-electron chi connectivity index (χ0n) is 11.6. The van der Waals surface area contributed by atoms with E-state index in [-0.39, 0.29) is 0 Å².